The summed E-state index contributed by atoms with van der Waals surface area (Å²) in [5.74, 6) is -0.511. The molecule has 0 N–H and O–H groups in total. The first kappa shape index (κ1) is 24.7. The molecule has 1 aliphatic rings. The normalized spacial score (nSPS) is 15.5. The predicted octanol–water partition coefficient (Wildman–Crippen LogP) is 5.25. The van der Waals surface area contributed by atoms with Crippen LogP contribution >= 0.6 is 22.9 Å². The molecule has 0 saturated heterocycles. The van der Waals surface area contributed by atoms with E-state index in [1.165, 1.54) is 11.3 Å². The van der Waals surface area contributed by atoms with E-state index in [4.69, 9.17) is 21.3 Å². The van der Waals surface area contributed by atoms with E-state index in [2.05, 4.69) is 0 Å². The van der Waals surface area contributed by atoms with E-state index in [1.54, 1.807) is 29.7 Å². The van der Waals surface area contributed by atoms with Gasteiger partial charge in [-0.1, -0.05) is 108 Å². The van der Waals surface area contributed by atoms with Gasteiger partial charge in [0, 0.05) is 10.6 Å². The van der Waals surface area contributed by atoms with Gasteiger partial charge in [-0.15, -0.1) is 0 Å². The fraction of sp³-hybridized carbons (Fsp3) is 0.100. The zero-order valence-corrected chi connectivity index (χ0v) is 21.6. The van der Waals surface area contributed by atoms with Crippen LogP contribution in [0, 0.1) is 0 Å². The highest BCUT2D eigenvalue weighted by Crippen LogP contribution is 2.35. The van der Waals surface area contributed by atoms with E-state index in [0.717, 1.165) is 16.7 Å². The van der Waals surface area contributed by atoms with Gasteiger partial charge < -0.3 is 4.74 Å². The third-order valence-electron chi connectivity index (χ3n) is 5.90. The summed E-state index contributed by atoms with van der Waals surface area (Å²) in [6.07, 6.45) is 5.57. The number of halogens is 1. The minimum absolute atomic E-state index is 0.201. The molecule has 0 amide bonds. The molecular weight excluding hydrogens is 504 g/mol. The molecule has 0 fully saturated rings. The third kappa shape index (κ3) is 5.12. The Morgan fingerprint density at radius 1 is 1.03 bits per heavy atom. The van der Waals surface area contributed by atoms with Crippen molar-refractivity contribution in [3.05, 3.63) is 138 Å². The fourth-order valence-corrected chi connectivity index (χ4v) is 5.30. The Labute approximate surface area is 223 Å². The van der Waals surface area contributed by atoms with Gasteiger partial charge in [-0.05, 0) is 36.3 Å². The maximum absolute atomic E-state index is 13.7. The summed E-state index contributed by atoms with van der Waals surface area (Å²) >= 11 is 7.45. The summed E-state index contributed by atoms with van der Waals surface area (Å²) in [5, 5.41) is 0.562. The van der Waals surface area contributed by atoms with Gasteiger partial charge in [0.1, 0.15) is 0 Å². The van der Waals surface area contributed by atoms with Crippen molar-refractivity contribution >= 4 is 46.8 Å². The standard InChI is InChI=1S/C30H23ClN2O3S/c1-2-36-29(35)25-26(21-13-7-4-8-14-21)32-30-33(27(25)22-16-18-23(31)19-17-22)28(34)24(37-30)15-9-12-20-10-5-3-6-11-20/h3-19,27H,2H2,1H3/b12-9+,24-15+/t27-/m1/s1. The average Bonchev–Trinajstić information content (AvgIpc) is 3.24. The van der Waals surface area contributed by atoms with Crippen molar-refractivity contribution in [1.29, 1.82) is 0 Å². The van der Waals surface area contributed by atoms with Gasteiger partial charge >= 0.3 is 5.97 Å². The number of rotatable bonds is 6. The van der Waals surface area contributed by atoms with Crippen LogP contribution in [0.25, 0.3) is 17.8 Å². The summed E-state index contributed by atoms with van der Waals surface area (Å²) < 4.78 is 7.56. The molecule has 0 bridgehead atoms. The van der Waals surface area contributed by atoms with Crippen LogP contribution in [-0.4, -0.2) is 17.1 Å². The third-order valence-corrected chi connectivity index (χ3v) is 7.15. The number of ether oxygens (including phenoxy) is 1. The van der Waals surface area contributed by atoms with Crippen molar-refractivity contribution in [2.24, 2.45) is 4.99 Å². The largest absolute Gasteiger partial charge is 0.463 e. The van der Waals surface area contributed by atoms with E-state index in [-0.39, 0.29) is 12.2 Å². The lowest BCUT2D eigenvalue weighted by Crippen LogP contribution is -2.39. The van der Waals surface area contributed by atoms with E-state index in [1.807, 2.05) is 84.9 Å². The Morgan fingerprint density at radius 3 is 2.38 bits per heavy atom. The van der Waals surface area contributed by atoms with Crippen molar-refractivity contribution in [2.45, 2.75) is 13.0 Å². The van der Waals surface area contributed by atoms with E-state index in [9.17, 15) is 9.59 Å². The SMILES string of the molecule is CCOC(=O)C1=C(c2ccccc2)N=c2s/c(=C/C=C/c3ccccc3)c(=O)n2[C@@H]1c1ccc(Cl)cc1. The molecule has 4 aromatic rings. The van der Waals surface area contributed by atoms with E-state index >= 15 is 0 Å². The number of hydrogen-bond donors (Lipinski definition) is 0. The molecule has 184 valence electrons. The van der Waals surface area contributed by atoms with Crippen LogP contribution in [0.1, 0.15) is 29.7 Å². The lowest BCUT2D eigenvalue weighted by molar-refractivity contribution is -0.138. The summed E-state index contributed by atoms with van der Waals surface area (Å²) in [5.41, 5.74) is 3.12. The van der Waals surface area contributed by atoms with Crippen molar-refractivity contribution in [3.8, 4) is 0 Å². The zero-order valence-electron chi connectivity index (χ0n) is 20.0. The molecule has 2 heterocycles. The summed E-state index contributed by atoms with van der Waals surface area (Å²) in [4.78, 5) is 32.5. The Hall–Kier alpha value is -4.00. The highest BCUT2D eigenvalue weighted by molar-refractivity contribution is 7.07. The molecular formula is C30H23ClN2O3S. The molecule has 0 aliphatic carbocycles. The zero-order chi connectivity index (χ0) is 25.8. The number of carbonyl (C=O) groups is 1. The summed E-state index contributed by atoms with van der Waals surface area (Å²) in [7, 11) is 0. The molecule has 5 nitrogen and oxygen atoms in total. The van der Waals surface area contributed by atoms with Crippen LogP contribution in [0.15, 0.2) is 106 Å². The van der Waals surface area contributed by atoms with Gasteiger partial charge in [0.25, 0.3) is 5.56 Å². The van der Waals surface area contributed by atoms with Crippen molar-refractivity contribution < 1.29 is 9.53 Å². The second-order valence-corrected chi connectivity index (χ2v) is 9.72. The fourth-order valence-electron chi connectivity index (χ4n) is 4.23. The molecule has 37 heavy (non-hydrogen) atoms. The number of esters is 1. The van der Waals surface area contributed by atoms with Gasteiger partial charge in [-0.3, -0.25) is 9.36 Å². The Bertz CT molecular complexity index is 1670. The Balaban J connectivity index is 1.75. The topological polar surface area (TPSA) is 60.7 Å². The number of fused-ring (bicyclic) bond motifs is 1. The van der Waals surface area contributed by atoms with E-state index in [0.29, 0.717) is 25.6 Å². The average molecular weight is 527 g/mol. The molecule has 0 radical (unpaired) electrons. The van der Waals surface area contributed by atoms with Crippen LogP contribution in [0.5, 0.6) is 0 Å². The van der Waals surface area contributed by atoms with Crippen molar-refractivity contribution in [1.82, 2.24) is 4.57 Å². The molecule has 0 saturated carbocycles. The van der Waals surface area contributed by atoms with Crippen molar-refractivity contribution in [3.63, 3.8) is 0 Å². The number of hydrogen-bond acceptors (Lipinski definition) is 5. The molecule has 1 aromatic heterocycles. The number of aromatic nitrogens is 1. The lowest BCUT2D eigenvalue weighted by atomic mass is 9.93. The second kappa shape index (κ2) is 10.9. The first-order valence-corrected chi connectivity index (χ1v) is 13.0. The van der Waals surface area contributed by atoms with Crippen LogP contribution in [0.4, 0.5) is 0 Å². The molecule has 1 atom stereocenters. The molecule has 0 unspecified atom stereocenters. The smallest absolute Gasteiger partial charge is 0.338 e. The minimum atomic E-state index is -0.719. The second-order valence-electron chi connectivity index (χ2n) is 8.28. The Kier molecular flexibility index (Phi) is 7.30. The Morgan fingerprint density at radius 2 is 1.70 bits per heavy atom. The molecule has 7 heteroatoms. The van der Waals surface area contributed by atoms with Gasteiger partial charge in [-0.25, -0.2) is 9.79 Å². The van der Waals surface area contributed by atoms with Crippen LogP contribution in [0.3, 0.4) is 0 Å². The summed E-state index contributed by atoms with van der Waals surface area (Å²) in [6.45, 7) is 1.96. The molecule has 3 aromatic carbocycles. The van der Waals surface area contributed by atoms with E-state index < -0.39 is 12.0 Å². The van der Waals surface area contributed by atoms with Crippen LogP contribution in [0.2, 0.25) is 5.02 Å². The van der Waals surface area contributed by atoms with Crippen LogP contribution < -0.4 is 14.9 Å². The van der Waals surface area contributed by atoms with Gasteiger partial charge in [0.2, 0.25) is 0 Å². The number of nitrogens with zero attached hydrogens (tertiary/aromatic N) is 2. The monoisotopic (exact) mass is 526 g/mol. The molecule has 5 rings (SSSR count). The van der Waals surface area contributed by atoms with Gasteiger partial charge in [-0.2, -0.15) is 0 Å². The lowest BCUT2D eigenvalue weighted by Gasteiger charge is -2.25. The van der Waals surface area contributed by atoms with Crippen LogP contribution in [-0.2, 0) is 9.53 Å². The van der Waals surface area contributed by atoms with Gasteiger partial charge in [0.15, 0.2) is 4.80 Å². The maximum Gasteiger partial charge on any atom is 0.338 e. The molecule has 1 aliphatic heterocycles. The highest BCUT2D eigenvalue weighted by atomic mass is 35.5. The summed E-state index contributed by atoms with van der Waals surface area (Å²) in [6, 6.07) is 25.8. The number of carbonyl (C=O) groups excluding carboxylic acids is 1. The molecule has 0 spiro atoms. The number of allylic oxidation sites excluding steroid dienone is 1. The number of thiazole rings is 1. The first-order valence-electron chi connectivity index (χ1n) is 11.8. The minimum Gasteiger partial charge on any atom is -0.463 e. The first-order chi connectivity index (χ1) is 18.1. The maximum atomic E-state index is 13.7. The predicted molar refractivity (Wildman–Crippen MR) is 149 cm³/mol. The quantitative estimate of drug-likeness (QED) is 0.322. The number of benzene rings is 3. The highest BCUT2D eigenvalue weighted by Gasteiger charge is 2.35. The van der Waals surface area contributed by atoms with Crippen molar-refractivity contribution in [2.75, 3.05) is 6.61 Å². The van der Waals surface area contributed by atoms with Gasteiger partial charge in [0.05, 0.1) is 28.5 Å².